The van der Waals surface area contributed by atoms with Gasteiger partial charge in [-0.1, -0.05) is 65.3 Å². The summed E-state index contributed by atoms with van der Waals surface area (Å²) in [6, 6.07) is 13.6. The number of nitrogens with zero attached hydrogens (tertiary/aromatic N) is 2. The van der Waals surface area contributed by atoms with E-state index in [1.54, 1.807) is 17.8 Å². The van der Waals surface area contributed by atoms with E-state index < -0.39 is 11.2 Å². The van der Waals surface area contributed by atoms with Gasteiger partial charge < -0.3 is 10.4 Å². The molecule has 2 heterocycles. The van der Waals surface area contributed by atoms with Crippen LogP contribution in [0.3, 0.4) is 0 Å². The highest BCUT2D eigenvalue weighted by Crippen LogP contribution is 2.41. The van der Waals surface area contributed by atoms with Crippen molar-refractivity contribution in [1.82, 2.24) is 5.32 Å². The lowest BCUT2D eigenvalue weighted by Crippen LogP contribution is -2.27. The average Bonchev–Trinajstić information content (AvgIpc) is 3.06. The number of fused-ring (bicyclic) bond motifs is 1. The number of hydrogen-bond acceptors (Lipinski definition) is 6. The normalized spacial score (nSPS) is 23.1. The molecule has 160 valence electrons. The van der Waals surface area contributed by atoms with Gasteiger partial charge in [-0.05, 0) is 24.1 Å². The van der Waals surface area contributed by atoms with E-state index in [2.05, 4.69) is 27.7 Å². The van der Waals surface area contributed by atoms with Crippen LogP contribution in [0, 0.1) is 5.92 Å². The minimum absolute atomic E-state index is 0.0655. The molecule has 0 radical (unpaired) electrons. The Morgan fingerprint density at radius 3 is 2.71 bits per heavy atom. The van der Waals surface area contributed by atoms with E-state index in [0.717, 1.165) is 40.1 Å². The highest BCUT2D eigenvalue weighted by atomic mass is 35.5. The van der Waals surface area contributed by atoms with Crippen molar-refractivity contribution < 1.29 is 14.7 Å². The minimum atomic E-state index is -1.04. The summed E-state index contributed by atoms with van der Waals surface area (Å²) < 4.78 is 0. The van der Waals surface area contributed by atoms with Crippen LogP contribution < -0.4 is 5.32 Å². The molecule has 6 nitrogen and oxygen atoms in total. The van der Waals surface area contributed by atoms with Crippen LogP contribution in [0.1, 0.15) is 17.5 Å². The van der Waals surface area contributed by atoms with Gasteiger partial charge in [0.05, 0.1) is 17.2 Å². The molecular formula is C21H17Cl2N3O3S2. The Bertz CT molecular complexity index is 1090. The molecule has 2 aliphatic heterocycles. The molecule has 0 aliphatic carbocycles. The van der Waals surface area contributed by atoms with Gasteiger partial charge >= 0.3 is 5.97 Å². The van der Waals surface area contributed by atoms with Crippen molar-refractivity contribution in [3.63, 3.8) is 0 Å². The number of carbonyl (C=O) groups excluding carboxylic acids is 1. The summed E-state index contributed by atoms with van der Waals surface area (Å²) in [5.41, 5.74) is 2.75. The second-order valence-corrected chi connectivity index (χ2v) is 10.1. The summed E-state index contributed by atoms with van der Waals surface area (Å²) in [4.78, 5) is 23.8. The molecule has 1 fully saturated rings. The third-order valence-electron chi connectivity index (χ3n) is 4.81. The first-order valence-corrected chi connectivity index (χ1v) is 12.0. The van der Waals surface area contributed by atoms with E-state index in [0.29, 0.717) is 10.0 Å². The molecule has 1 saturated heterocycles. The fourth-order valence-corrected chi connectivity index (χ4v) is 6.14. The number of carboxylic acid groups (broad SMARTS) is 1. The SMILES string of the molecule is O=C(O)CC1SC(=NN=C2c3cc(Cl)cc(Cl)c3SCC2Cc2ccccc2)NC1=O. The molecule has 1 amide bonds. The third kappa shape index (κ3) is 5.26. The number of nitrogens with one attached hydrogen (secondary N) is 1. The van der Waals surface area contributed by atoms with Crippen molar-refractivity contribution in [3.05, 3.63) is 63.6 Å². The number of benzene rings is 2. The van der Waals surface area contributed by atoms with Crippen molar-refractivity contribution in [2.24, 2.45) is 16.1 Å². The smallest absolute Gasteiger partial charge is 0.305 e. The van der Waals surface area contributed by atoms with Crippen molar-refractivity contribution in [2.45, 2.75) is 23.0 Å². The van der Waals surface area contributed by atoms with Gasteiger partial charge in [-0.2, -0.15) is 5.10 Å². The first-order valence-electron chi connectivity index (χ1n) is 9.41. The summed E-state index contributed by atoms with van der Waals surface area (Å²) in [6.07, 6.45) is 0.496. The van der Waals surface area contributed by atoms with Gasteiger partial charge in [-0.15, -0.1) is 16.9 Å². The topological polar surface area (TPSA) is 91.1 Å². The first kappa shape index (κ1) is 22.2. The Hall–Kier alpha value is -2.00. The predicted octanol–water partition coefficient (Wildman–Crippen LogP) is 4.72. The molecule has 2 aliphatic rings. The number of hydrogen-bond donors (Lipinski definition) is 2. The van der Waals surface area contributed by atoms with Crippen LogP contribution in [0.5, 0.6) is 0 Å². The van der Waals surface area contributed by atoms with Crippen LogP contribution >= 0.6 is 46.7 Å². The number of carbonyl (C=O) groups is 2. The molecule has 2 atom stereocenters. The summed E-state index contributed by atoms with van der Waals surface area (Å²) in [5.74, 6) is -0.576. The van der Waals surface area contributed by atoms with Gasteiger partial charge in [0.1, 0.15) is 5.25 Å². The van der Waals surface area contributed by atoms with E-state index in [4.69, 9.17) is 28.3 Å². The molecular weight excluding hydrogens is 477 g/mol. The zero-order valence-electron chi connectivity index (χ0n) is 16.0. The molecule has 31 heavy (non-hydrogen) atoms. The maximum Gasteiger partial charge on any atom is 0.305 e. The number of halogens is 2. The molecule has 2 N–H and O–H groups in total. The first-order chi connectivity index (χ1) is 14.9. The highest BCUT2D eigenvalue weighted by molar-refractivity contribution is 8.15. The molecule has 0 bridgehead atoms. The van der Waals surface area contributed by atoms with Crippen LogP contribution in [0.4, 0.5) is 0 Å². The van der Waals surface area contributed by atoms with Crippen LogP contribution in [-0.2, 0) is 16.0 Å². The maximum atomic E-state index is 12.0. The Morgan fingerprint density at radius 2 is 1.97 bits per heavy atom. The van der Waals surface area contributed by atoms with Crippen molar-refractivity contribution in [1.29, 1.82) is 0 Å². The lowest BCUT2D eigenvalue weighted by molar-refractivity contribution is -0.138. The molecule has 0 spiro atoms. The van der Waals surface area contributed by atoms with Crippen molar-refractivity contribution in [3.8, 4) is 0 Å². The Balaban J connectivity index is 1.68. The highest BCUT2D eigenvalue weighted by Gasteiger charge is 2.33. The molecule has 0 saturated carbocycles. The van der Waals surface area contributed by atoms with Crippen molar-refractivity contribution in [2.75, 3.05) is 5.75 Å². The molecule has 2 aromatic rings. The van der Waals surface area contributed by atoms with Gasteiger partial charge in [-0.25, -0.2) is 0 Å². The fourth-order valence-electron chi connectivity index (χ4n) is 3.41. The average molecular weight is 494 g/mol. The van der Waals surface area contributed by atoms with E-state index in [1.165, 1.54) is 5.56 Å². The van der Waals surface area contributed by atoms with Gasteiger partial charge in [0.15, 0.2) is 5.17 Å². The number of thioether (sulfide) groups is 2. The monoisotopic (exact) mass is 493 g/mol. The van der Waals surface area contributed by atoms with Gasteiger partial charge in [0, 0.05) is 27.2 Å². The zero-order valence-corrected chi connectivity index (χ0v) is 19.2. The molecule has 4 rings (SSSR count). The summed E-state index contributed by atoms with van der Waals surface area (Å²) in [6.45, 7) is 0. The van der Waals surface area contributed by atoms with Crippen LogP contribution in [-0.4, -0.2) is 38.9 Å². The number of amidine groups is 1. The Morgan fingerprint density at radius 1 is 1.19 bits per heavy atom. The predicted molar refractivity (Wildman–Crippen MR) is 127 cm³/mol. The van der Waals surface area contributed by atoms with Crippen molar-refractivity contribution >= 4 is 69.5 Å². The summed E-state index contributed by atoms with van der Waals surface area (Å²) >= 11 is 15.4. The minimum Gasteiger partial charge on any atom is -0.481 e. The summed E-state index contributed by atoms with van der Waals surface area (Å²) in [5, 5.41) is 21.0. The van der Waals surface area contributed by atoms with Gasteiger partial charge in [0.25, 0.3) is 0 Å². The van der Waals surface area contributed by atoms with E-state index in [9.17, 15) is 9.59 Å². The fraction of sp³-hybridized carbons (Fsp3) is 0.238. The third-order valence-corrected chi connectivity index (χ3v) is 7.81. The van der Waals surface area contributed by atoms with Gasteiger partial charge in [0.2, 0.25) is 5.91 Å². The Kier molecular flexibility index (Phi) is 6.91. The number of carboxylic acids is 1. The number of aliphatic carboxylic acids is 1. The quantitative estimate of drug-likeness (QED) is 0.587. The van der Waals surface area contributed by atoms with E-state index in [-0.39, 0.29) is 23.4 Å². The van der Waals surface area contributed by atoms with Crippen LogP contribution in [0.15, 0.2) is 57.6 Å². The second kappa shape index (κ2) is 9.65. The largest absolute Gasteiger partial charge is 0.481 e. The van der Waals surface area contributed by atoms with Crippen LogP contribution in [0.2, 0.25) is 10.0 Å². The van der Waals surface area contributed by atoms with Crippen LogP contribution in [0.25, 0.3) is 0 Å². The molecule has 2 unspecified atom stereocenters. The molecule has 10 heteroatoms. The summed E-state index contributed by atoms with van der Waals surface area (Å²) in [7, 11) is 0. The number of rotatable bonds is 5. The Labute approximate surface area is 197 Å². The molecule has 2 aromatic carbocycles. The van der Waals surface area contributed by atoms with E-state index >= 15 is 0 Å². The lowest BCUT2D eigenvalue weighted by Gasteiger charge is -2.26. The van der Waals surface area contributed by atoms with Gasteiger partial charge in [-0.3, -0.25) is 9.59 Å². The van der Waals surface area contributed by atoms with E-state index in [1.807, 2.05) is 24.3 Å². The number of amides is 1. The molecule has 0 aromatic heterocycles. The zero-order chi connectivity index (χ0) is 22.0. The standard InChI is InChI=1S/C21H17Cl2N3O3S2/c22-13-7-14-18(25-26-21-24-20(29)16(31-21)9-17(27)28)12(6-11-4-2-1-3-5-11)10-30-19(14)15(23)8-13/h1-5,7-8,12,16H,6,9-10H2,(H,27,28)(H,24,26,29). The maximum absolute atomic E-state index is 12.0. The second-order valence-electron chi connectivity index (χ2n) is 7.05. The lowest BCUT2D eigenvalue weighted by atomic mass is 9.91.